The normalized spacial score (nSPS) is 11.3. The largest absolute Gasteiger partial charge is 0.341 e. The van der Waals surface area contributed by atoms with E-state index in [0.717, 1.165) is 24.9 Å². The molecule has 0 saturated carbocycles. The summed E-state index contributed by atoms with van der Waals surface area (Å²) in [6.07, 6.45) is 3.98. The molecule has 3 aromatic carbocycles. The molecule has 0 fully saturated rings. The van der Waals surface area contributed by atoms with Crippen LogP contribution in [0, 0.1) is 0 Å². The summed E-state index contributed by atoms with van der Waals surface area (Å²) < 4.78 is 2.29. The van der Waals surface area contributed by atoms with Crippen LogP contribution < -0.4 is 10.7 Å². The van der Waals surface area contributed by atoms with Crippen LogP contribution in [0.5, 0.6) is 0 Å². The van der Waals surface area contributed by atoms with E-state index in [-0.39, 0.29) is 11.8 Å². The van der Waals surface area contributed by atoms with Gasteiger partial charge in [0.05, 0.1) is 6.21 Å². The van der Waals surface area contributed by atoms with Crippen molar-refractivity contribution in [3.05, 3.63) is 77.9 Å². The molecule has 4 rings (SSSR count). The third kappa shape index (κ3) is 4.95. The zero-order valence-corrected chi connectivity index (χ0v) is 19.0. The lowest BCUT2D eigenvalue weighted by Crippen LogP contribution is -2.17. The number of nitrogens with one attached hydrogen (secondary N) is 2. The predicted octanol–water partition coefficient (Wildman–Crippen LogP) is 5.71. The van der Waals surface area contributed by atoms with Crippen molar-refractivity contribution in [2.75, 3.05) is 5.32 Å². The SMILES string of the molecule is CCCCC(=O)Nc1ccc(C(=O)N/N=C/c2ccc3c(c2)c2ccccc2n3CC)cc1. The first kappa shape index (κ1) is 22.3. The van der Waals surface area contributed by atoms with Crippen LogP contribution in [-0.4, -0.2) is 22.6 Å². The Balaban J connectivity index is 1.43. The molecule has 168 valence electrons. The Bertz CT molecular complexity index is 1320. The monoisotopic (exact) mass is 440 g/mol. The number of amides is 2. The predicted molar refractivity (Wildman–Crippen MR) is 135 cm³/mol. The molecule has 0 bridgehead atoms. The second-order valence-corrected chi connectivity index (χ2v) is 7.97. The summed E-state index contributed by atoms with van der Waals surface area (Å²) in [7, 11) is 0. The summed E-state index contributed by atoms with van der Waals surface area (Å²) in [5.41, 5.74) is 7.03. The van der Waals surface area contributed by atoms with Crippen molar-refractivity contribution < 1.29 is 9.59 Å². The summed E-state index contributed by atoms with van der Waals surface area (Å²) in [6.45, 7) is 5.09. The van der Waals surface area contributed by atoms with Gasteiger partial charge in [0.2, 0.25) is 5.91 Å². The first-order chi connectivity index (χ1) is 16.1. The highest BCUT2D eigenvalue weighted by Crippen LogP contribution is 2.29. The lowest BCUT2D eigenvalue weighted by molar-refractivity contribution is -0.116. The molecule has 1 aromatic heterocycles. The van der Waals surface area contributed by atoms with Gasteiger partial charge >= 0.3 is 0 Å². The van der Waals surface area contributed by atoms with Crippen molar-refractivity contribution in [2.24, 2.45) is 5.10 Å². The second kappa shape index (κ2) is 10.1. The molecule has 0 aliphatic rings. The number of hydrogen-bond acceptors (Lipinski definition) is 3. The number of rotatable bonds is 8. The Morgan fingerprint density at radius 3 is 2.45 bits per heavy atom. The molecule has 0 atom stereocenters. The van der Waals surface area contributed by atoms with Gasteiger partial charge in [-0.05, 0) is 61.4 Å². The van der Waals surface area contributed by atoms with E-state index in [1.54, 1.807) is 30.5 Å². The van der Waals surface area contributed by atoms with Crippen molar-refractivity contribution in [1.29, 1.82) is 0 Å². The first-order valence-corrected chi connectivity index (χ1v) is 11.3. The van der Waals surface area contributed by atoms with Gasteiger partial charge in [-0.1, -0.05) is 37.6 Å². The van der Waals surface area contributed by atoms with Crippen LogP contribution in [0.4, 0.5) is 5.69 Å². The fourth-order valence-electron chi connectivity index (χ4n) is 3.99. The van der Waals surface area contributed by atoms with Gasteiger partial charge in [0.25, 0.3) is 5.91 Å². The van der Waals surface area contributed by atoms with Crippen LogP contribution in [0.2, 0.25) is 0 Å². The Kier molecular flexibility index (Phi) is 6.83. The molecule has 6 heteroatoms. The van der Waals surface area contributed by atoms with Crippen molar-refractivity contribution in [2.45, 2.75) is 39.7 Å². The maximum absolute atomic E-state index is 12.4. The van der Waals surface area contributed by atoms with Gasteiger partial charge in [-0.2, -0.15) is 5.10 Å². The molecule has 1 heterocycles. The van der Waals surface area contributed by atoms with Crippen molar-refractivity contribution in [1.82, 2.24) is 9.99 Å². The van der Waals surface area contributed by atoms with Crippen molar-refractivity contribution >= 4 is 45.5 Å². The summed E-state index contributed by atoms with van der Waals surface area (Å²) >= 11 is 0. The molecule has 0 radical (unpaired) electrons. The Morgan fingerprint density at radius 2 is 1.70 bits per heavy atom. The summed E-state index contributed by atoms with van der Waals surface area (Å²) in [4.78, 5) is 24.3. The van der Waals surface area contributed by atoms with Gasteiger partial charge in [0.15, 0.2) is 0 Å². The Labute approximate surface area is 193 Å². The number of benzene rings is 3. The van der Waals surface area contributed by atoms with Gasteiger partial charge in [0.1, 0.15) is 0 Å². The highest BCUT2D eigenvalue weighted by molar-refractivity contribution is 6.09. The lowest BCUT2D eigenvalue weighted by Gasteiger charge is -2.06. The van der Waals surface area contributed by atoms with Crippen LogP contribution in [-0.2, 0) is 11.3 Å². The van der Waals surface area contributed by atoms with E-state index < -0.39 is 0 Å². The zero-order chi connectivity index (χ0) is 23.2. The molecule has 6 nitrogen and oxygen atoms in total. The number of carbonyl (C=O) groups excluding carboxylic acids is 2. The number of fused-ring (bicyclic) bond motifs is 3. The molecular formula is C27H28N4O2. The van der Waals surface area contributed by atoms with E-state index in [1.165, 1.54) is 21.8 Å². The number of carbonyl (C=O) groups is 2. The smallest absolute Gasteiger partial charge is 0.271 e. The number of hydrazone groups is 1. The van der Waals surface area contributed by atoms with Crippen LogP contribution >= 0.6 is 0 Å². The molecule has 2 N–H and O–H groups in total. The van der Waals surface area contributed by atoms with E-state index in [9.17, 15) is 9.59 Å². The van der Waals surface area contributed by atoms with Gasteiger partial charge in [-0.3, -0.25) is 9.59 Å². The van der Waals surface area contributed by atoms with E-state index in [0.29, 0.717) is 17.7 Å². The molecule has 33 heavy (non-hydrogen) atoms. The molecule has 4 aromatic rings. The summed E-state index contributed by atoms with van der Waals surface area (Å²) in [5, 5.41) is 9.34. The molecule has 0 saturated heterocycles. The Morgan fingerprint density at radius 1 is 0.939 bits per heavy atom. The van der Waals surface area contributed by atoms with Crippen LogP contribution in [0.15, 0.2) is 71.8 Å². The number of aryl methyl sites for hydroxylation is 1. The molecule has 0 unspecified atom stereocenters. The minimum Gasteiger partial charge on any atom is -0.341 e. The van der Waals surface area contributed by atoms with E-state index in [4.69, 9.17) is 0 Å². The second-order valence-electron chi connectivity index (χ2n) is 7.97. The Hall–Kier alpha value is -3.93. The maximum Gasteiger partial charge on any atom is 0.271 e. The topological polar surface area (TPSA) is 75.5 Å². The maximum atomic E-state index is 12.4. The number of anilines is 1. The van der Waals surface area contributed by atoms with E-state index in [2.05, 4.69) is 57.7 Å². The molecular weight excluding hydrogens is 412 g/mol. The van der Waals surface area contributed by atoms with Gasteiger partial charge in [-0.15, -0.1) is 0 Å². The number of nitrogens with zero attached hydrogens (tertiary/aromatic N) is 2. The third-order valence-electron chi connectivity index (χ3n) is 5.68. The number of para-hydroxylation sites is 1. The fraction of sp³-hybridized carbons (Fsp3) is 0.222. The van der Waals surface area contributed by atoms with Gasteiger partial charge in [0, 0.05) is 46.0 Å². The van der Waals surface area contributed by atoms with Crippen LogP contribution in [0.1, 0.15) is 49.0 Å². The number of aromatic nitrogens is 1. The average molecular weight is 441 g/mol. The van der Waals surface area contributed by atoms with E-state index in [1.807, 2.05) is 19.1 Å². The third-order valence-corrected chi connectivity index (χ3v) is 5.68. The number of hydrogen-bond donors (Lipinski definition) is 2. The summed E-state index contributed by atoms with van der Waals surface area (Å²) in [5.74, 6) is -0.323. The average Bonchev–Trinajstić information content (AvgIpc) is 3.16. The molecule has 0 spiro atoms. The number of unbranched alkanes of at least 4 members (excludes halogenated alkanes) is 1. The minimum absolute atomic E-state index is 0.0160. The molecule has 0 aliphatic heterocycles. The van der Waals surface area contributed by atoms with Crippen molar-refractivity contribution in [3.63, 3.8) is 0 Å². The zero-order valence-electron chi connectivity index (χ0n) is 19.0. The standard InChI is InChI=1S/C27H28N4O2/c1-3-5-10-26(32)29-21-14-12-20(13-15-21)27(33)30-28-18-19-11-16-25-23(17-19)22-8-6-7-9-24(22)31(25)4-2/h6-9,11-18H,3-5,10H2,1-2H3,(H,29,32)(H,30,33)/b28-18+. The van der Waals surface area contributed by atoms with Crippen molar-refractivity contribution in [3.8, 4) is 0 Å². The quantitative estimate of drug-likeness (QED) is 0.272. The first-order valence-electron chi connectivity index (χ1n) is 11.3. The van der Waals surface area contributed by atoms with E-state index >= 15 is 0 Å². The lowest BCUT2D eigenvalue weighted by atomic mass is 10.1. The molecule has 2 amide bonds. The summed E-state index contributed by atoms with van der Waals surface area (Å²) in [6, 6.07) is 21.3. The van der Waals surface area contributed by atoms with Crippen LogP contribution in [0.25, 0.3) is 21.8 Å². The van der Waals surface area contributed by atoms with Crippen LogP contribution in [0.3, 0.4) is 0 Å². The van der Waals surface area contributed by atoms with Gasteiger partial charge in [-0.25, -0.2) is 5.43 Å². The minimum atomic E-state index is -0.307. The molecule has 0 aliphatic carbocycles. The highest BCUT2D eigenvalue weighted by Gasteiger charge is 2.09. The van der Waals surface area contributed by atoms with Gasteiger partial charge < -0.3 is 9.88 Å². The fourth-order valence-corrected chi connectivity index (χ4v) is 3.99. The highest BCUT2D eigenvalue weighted by atomic mass is 16.2.